The maximum atomic E-state index is 11.2. The van der Waals surface area contributed by atoms with E-state index in [0.29, 0.717) is 0 Å². The topological polar surface area (TPSA) is 33.2 Å². The zero-order valence-corrected chi connectivity index (χ0v) is 10.2. The smallest absolute Gasteiger partial charge is 0.186 e. The molecular weight excluding hydrogens is 208 g/mol. The van der Waals surface area contributed by atoms with Crippen LogP contribution in [0.2, 0.25) is 0 Å². The van der Waals surface area contributed by atoms with Crippen molar-refractivity contribution in [2.24, 2.45) is 0 Å². The van der Waals surface area contributed by atoms with E-state index in [-0.39, 0.29) is 11.3 Å². The van der Waals surface area contributed by atoms with Gasteiger partial charge in [0.05, 0.1) is 11.1 Å². The summed E-state index contributed by atoms with van der Waals surface area (Å²) in [4.78, 5) is 18.6. The van der Waals surface area contributed by atoms with E-state index >= 15 is 0 Å². The first-order valence-electron chi connectivity index (χ1n) is 5.25. The van der Waals surface area contributed by atoms with Gasteiger partial charge in [-0.1, -0.05) is 11.3 Å². The van der Waals surface area contributed by atoms with Crippen LogP contribution < -0.4 is 4.90 Å². The number of nitrogens with zero attached hydrogens (tertiary/aromatic N) is 2. The number of anilines is 1. The van der Waals surface area contributed by atoms with Crippen LogP contribution in [0.4, 0.5) is 5.13 Å². The summed E-state index contributed by atoms with van der Waals surface area (Å²) in [7, 11) is 0. The van der Waals surface area contributed by atoms with Crippen LogP contribution in [-0.2, 0) is 0 Å². The number of Topliss-reactive ketones (excluding diaryl/α,β-unsaturated/α-hetero) is 1. The van der Waals surface area contributed by atoms with E-state index in [9.17, 15) is 4.79 Å². The van der Waals surface area contributed by atoms with Gasteiger partial charge in [-0.15, -0.1) is 0 Å². The average molecular weight is 224 g/mol. The molecule has 0 N–H and O–H groups in total. The van der Waals surface area contributed by atoms with Crippen molar-refractivity contribution in [3.63, 3.8) is 0 Å². The molecule has 1 aromatic rings. The Labute approximate surface area is 94.1 Å². The fraction of sp³-hybridized carbons (Fsp3) is 0.636. The van der Waals surface area contributed by atoms with Crippen LogP contribution in [0, 0.1) is 0 Å². The van der Waals surface area contributed by atoms with Crippen molar-refractivity contribution in [1.82, 2.24) is 4.98 Å². The molecule has 0 aliphatic carbocycles. The molecule has 2 rings (SSSR count). The first kappa shape index (κ1) is 10.6. The summed E-state index contributed by atoms with van der Waals surface area (Å²) in [5, 5.41) is 0.989. The van der Waals surface area contributed by atoms with E-state index in [4.69, 9.17) is 0 Å². The molecule has 4 heteroatoms. The van der Waals surface area contributed by atoms with E-state index in [2.05, 4.69) is 23.7 Å². The van der Waals surface area contributed by atoms with Crippen LogP contribution >= 0.6 is 11.3 Å². The monoisotopic (exact) mass is 224 g/mol. The van der Waals surface area contributed by atoms with Gasteiger partial charge in [0.1, 0.15) is 0 Å². The van der Waals surface area contributed by atoms with Crippen molar-refractivity contribution in [1.29, 1.82) is 0 Å². The molecule has 0 amide bonds. The Morgan fingerprint density at radius 2 is 2.33 bits per heavy atom. The van der Waals surface area contributed by atoms with Crippen molar-refractivity contribution in [2.75, 3.05) is 11.4 Å². The number of hydrogen-bond donors (Lipinski definition) is 0. The lowest BCUT2D eigenvalue weighted by Gasteiger charge is -2.31. The van der Waals surface area contributed by atoms with Gasteiger partial charge in [0.25, 0.3) is 0 Å². The average Bonchev–Trinajstić information content (AvgIpc) is 2.69. The third-order valence-electron chi connectivity index (χ3n) is 2.97. The number of ketones is 1. The number of thiazole rings is 1. The van der Waals surface area contributed by atoms with Gasteiger partial charge in [-0.25, -0.2) is 4.98 Å². The van der Waals surface area contributed by atoms with Crippen LogP contribution in [0.1, 0.15) is 43.3 Å². The normalized spacial score (nSPS) is 19.5. The predicted octanol–water partition coefficient (Wildman–Crippen LogP) is 2.72. The highest BCUT2D eigenvalue weighted by molar-refractivity contribution is 7.17. The lowest BCUT2D eigenvalue weighted by molar-refractivity contribution is 0.102. The Kier molecular flexibility index (Phi) is 2.54. The second-order valence-corrected chi connectivity index (χ2v) is 5.64. The quantitative estimate of drug-likeness (QED) is 0.724. The van der Waals surface area contributed by atoms with E-state index in [1.54, 1.807) is 13.1 Å². The van der Waals surface area contributed by atoms with E-state index < -0.39 is 0 Å². The fourth-order valence-corrected chi connectivity index (χ4v) is 3.01. The molecule has 82 valence electrons. The zero-order valence-electron chi connectivity index (χ0n) is 9.41. The highest BCUT2D eigenvalue weighted by Gasteiger charge is 2.33. The zero-order chi connectivity index (χ0) is 11.1. The number of hydrogen-bond acceptors (Lipinski definition) is 4. The maximum absolute atomic E-state index is 11.2. The molecule has 0 saturated carbocycles. The lowest BCUT2D eigenvalue weighted by Crippen LogP contribution is -2.37. The Bertz CT molecular complexity index is 384. The van der Waals surface area contributed by atoms with Crippen molar-refractivity contribution >= 4 is 22.3 Å². The molecule has 0 bridgehead atoms. The van der Waals surface area contributed by atoms with E-state index in [0.717, 1.165) is 16.6 Å². The summed E-state index contributed by atoms with van der Waals surface area (Å²) < 4.78 is 0. The molecule has 0 atom stereocenters. The third-order valence-corrected chi connectivity index (χ3v) is 4.09. The second-order valence-electron chi connectivity index (χ2n) is 4.63. The molecule has 1 aliphatic heterocycles. The minimum atomic E-state index is 0.107. The van der Waals surface area contributed by atoms with Crippen molar-refractivity contribution in [2.45, 2.75) is 39.2 Å². The second kappa shape index (κ2) is 3.59. The van der Waals surface area contributed by atoms with Gasteiger partial charge in [-0.05, 0) is 26.7 Å². The summed E-state index contributed by atoms with van der Waals surface area (Å²) in [6.45, 7) is 7.11. The number of rotatable bonds is 2. The first-order valence-corrected chi connectivity index (χ1v) is 6.07. The lowest BCUT2D eigenvalue weighted by atomic mass is 10.0. The van der Waals surface area contributed by atoms with E-state index in [1.165, 1.54) is 24.2 Å². The number of carbonyl (C=O) groups is 1. The minimum absolute atomic E-state index is 0.107. The van der Waals surface area contributed by atoms with Crippen LogP contribution in [-0.4, -0.2) is 22.9 Å². The highest BCUT2D eigenvalue weighted by atomic mass is 32.1. The number of carbonyl (C=O) groups excluding carboxylic acids is 1. The Balaban J connectivity index is 2.26. The van der Waals surface area contributed by atoms with Crippen LogP contribution in [0.5, 0.6) is 0 Å². The van der Waals surface area contributed by atoms with Crippen LogP contribution in [0.3, 0.4) is 0 Å². The third kappa shape index (κ3) is 1.91. The molecule has 1 aromatic heterocycles. The van der Waals surface area contributed by atoms with E-state index in [1.807, 2.05) is 0 Å². The molecule has 1 aliphatic rings. The van der Waals surface area contributed by atoms with Crippen molar-refractivity contribution in [3.8, 4) is 0 Å². The molecule has 0 spiro atoms. The van der Waals surface area contributed by atoms with Gasteiger partial charge in [0, 0.05) is 19.0 Å². The Morgan fingerprint density at radius 1 is 1.60 bits per heavy atom. The molecule has 0 aromatic carbocycles. The summed E-state index contributed by atoms with van der Waals surface area (Å²) in [6, 6.07) is 0. The van der Waals surface area contributed by atoms with Crippen molar-refractivity contribution in [3.05, 3.63) is 11.1 Å². The van der Waals surface area contributed by atoms with Gasteiger partial charge < -0.3 is 4.90 Å². The van der Waals surface area contributed by atoms with Gasteiger partial charge in [0.2, 0.25) is 0 Å². The molecule has 0 unspecified atom stereocenters. The molecule has 1 saturated heterocycles. The summed E-state index contributed by atoms with van der Waals surface area (Å²) in [5.74, 6) is 0.107. The first-order chi connectivity index (χ1) is 7.00. The molecule has 1 fully saturated rings. The molecule has 3 nitrogen and oxygen atoms in total. The highest BCUT2D eigenvalue weighted by Crippen LogP contribution is 2.35. The predicted molar refractivity (Wildman–Crippen MR) is 62.8 cm³/mol. The molecule has 2 heterocycles. The van der Waals surface area contributed by atoms with Crippen LogP contribution in [0.15, 0.2) is 6.20 Å². The SMILES string of the molecule is CC(=O)c1cnc(N2CCCC2(C)C)s1. The van der Waals surface area contributed by atoms with Gasteiger partial charge >= 0.3 is 0 Å². The number of aromatic nitrogens is 1. The fourth-order valence-electron chi connectivity index (χ4n) is 2.01. The molecule has 0 radical (unpaired) electrons. The van der Waals surface area contributed by atoms with Gasteiger partial charge in [0.15, 0.2) is 10.9 Å². The van der Waals surface area contributed by atoms with Gasteiger partial charge in [-0.2, -0.15) is 0 Å². The maximum Gasteiger partial charge on any atom is 0.186 e. The summed E-state index contributed by atoms with van der Waals surface area (Å²) >= 11 is 1.51. The summed E-state index contributed by atoms with van der Waals surface area (Å²) in [5.41, 5.74) is 0.186. The van der Waals surface area contributed by atoms with Crippen LogP contribution in [0.25, 0.3) is 0 Å². The standard InChI is InChI=1S/C11H16N2OS/c1-8(14)9-7-12-10(15-9)13-6-4-5-11(13,2)3/h7H,4-6H2,1-3H3. The minimum Gasteiger partial charge on any atom is -0.343 e. The molecular formula is C11H16N2OS. The van der Waals surface area contributed by atoms with Crippen molar-refractivity contribution < 1.29 is 4.79 Å². The Hall–Kier alpha value is -0.900. The summed E-state index contributed by atoms with van der Waals surface area (Å²) in [6.07, 6.45) is 4.10. The largest absolute Gasteiger partial charge is 0.343 e. The molecule has 15 heavy (non-hydrogen) atoms. The van der Waals surface area contributed by atoms with Gasteiger partial charge in [-0.3, -0.25) is 4.79 Å². The Morgan fingerprint density at radius 3 is 2.80 bits per heavy atom.